The second kappa shape index (κ2) is 6.61. The predicted molar refractivity (Wildman–Crippen MR) is 83.8 cm³/mol. The monoisotopic (exact) mass is 290 g/mol. The van der Waals surface area contributed by atoms with Gasteiger partial charge in [0.2, 0.25) is 0 Å². The average Bonchev–Trinajstić information content (AvgIpc) is 2.44. The number of hydrogen-bond donors (Lipinski definition) is 0. The molecule has 2 unspecified atom stereocenters. The van der Waals surface area contributed by atoms with Gasteiger partial charge in [0.15, 0.2) is 5.78 Å². The first-order chi connectivity index (χ1) is 9.93. The summed E-state index contributed by atoms with van der Waals surface area (Å²) in [7, 11) is 0. The average molecular weight is 290 g/mol. The molecular formula is C18H26O3. The predicted octanol–water partition coefficient (Wildman–Crippen LogP) is 3.96. The number of ketones is 1. The van der Waals surface area contributed by atoms with Gasteiger partial charge >= 0.3 is 0 Å². The lowest BCUT2D eigenvalue weighted by molar-refractivity contribution is -0.137. The normalized spacial score (nSPS) is 19.5. The summed E-state index contributed by atoms with van der Waals surface area (Å²) in [4.78, 5) is 12.7. The number of carbonyl (C=O) groups excluding carboxylic acids is 1. The number of rotatable bonds is 5. The van der Waals surface area contributed by atoms with Crippen LogP contribution in [0.3, 0.4) is 0 Å². The molecule has 0 radical (unpaired) electrons. The van der Waals surface area contributed by atoms with Crippen molar-refractivity contribution in [3.8, 4) is 5.75 Å². The summed E-state index contributed by atoms with van der Waals surface area (Å²) in [6.45, 7) is 9.37. The van der Waals surface area contributed by atoms with Gasteiger partial charge in [0.05, 0.1) is 6.61 Å². The molecule has 0 aromatic heterocycles. The summed E-state index contributed by atoms with van der Waals surface area (Å²) in [6.07, 6.45) is 1.09. The number of fused-ring (bicyclic) bond motifs is 1. The number of carbonyl (C=O) groups is 1. The minimum atomic E-state index is -0.336. The van der Waals surface area contributed by atoms with E-state index in [2.05, 4.69) is 26.8 Å². The highest BCUT2D eigenvalue weighted by atomic mass is 16.5. The van der Waals surface area contributed by atoms with Crippen LogP contribution in [-0.2, 0) is 9.53 Å². The van der Waals surface area contributed by atoms with Gasteiger partial charge in [-0.2, -0.15) is 0 Å². The van der Waals surface area contributed by atoms with Gasteiger partial charge in [0, 0.05) is 13.0 Å². The summed E-state index contributed by atoms with van der Waals surface area (Å²) in [5.41, 5.74) is 0.985. The van der Waals surface area contributed by atoms with Crippen molar-refractivity contribution in [2.24, 2.45) is 5.41 Å². The molecule has 0 amide bonds. The first-order valence-electron chi connectivity index (χ1n) is 7.79. The minimum Gasteiger partial charge on any atom is -0.493 e. The largest absolute Gasteiger partial charge is 0.493 e. The zero-order valence-electron chi connectivity index (χ0n) is 13.5. The molecule has 0 bridgehead atoms. The lowest BCUT2D eigenvalue weighted by Gasteiger charge is -2.31. The Labute approximate surface area is 127 Å². The van der Waals surface area contributed by atoms with Crippen LogP contribution in [0.1, 0.15) is 52.0 Å². The molecule has 0 spiro atoms. The third-order valence-corrected chi connectivity index (χ3v) is 3.94. The number of Topliss-reactive ketones (excluding diaryl/α,β-unsaturated/α-hetero) is 1. The maximum absolute atomic E-state index is 12.7. The lowest BCUT2D eigenvalue weighted by Crippen LogP contribution is -2.38. The van der Waals surface area contributed by atoms with Gasteiger partial charge in [0.25, 0.3) is 0 Å². The van der Waals surface area contributed by atoms with Crippen molar-refractivity contribution in [3.63, 3.8) is 0 Å². The topological polar surface area (TPSA) is 35.5 Å². The van der Waals surface area contributed by atoms with Crippen LogP contribution in [0.5, 0.6) is 5.75 Å². The van der Waals surface area contributed by atoms with Crippen LogP contribution in [0, 0.1) is 5.41 Å². The molecule has 2 rings (SSSR count). The van der Waals surface area contributed by atoms with E-state index in [4.69, 9.17) is 9.47 Å². The van der Waals surface area contributed by atoms with Gasteiger partial charge in [-0.05, 0) is 36.3 Å². The standard InChI is InChI=1S/C18H26O3/c1-5-20-17(18(2,3)4)15(19)12-13-10-11-21-16-9-7-6-8-14(13)16/h6-9,13,17H,5,10-12H2,1-4H3. The maximum atomic E-state index is 12.7. The third-order valence-electron chi connectivity index (χ3n) is 3.94. The summed E-state index contributed by atoms with van der Waals surface area (Å²) in [5, 5.41) is 0. The van der Waals surface area contributed by atoms with Crippen molar-refractivity contribution in [2.45, 2.75) is 52.6 Å². The number of hydrogen-bond acceptors (Lipinski definition) is 3. The Morgan fingerprint density at radius 2 is 2.10 bits per heavy atom. The van der Waals surface area contributed by atoms with E-state index >= 15 is 0 Å². The molecule has 1 aromatic carbocycles. The Balaban J connectivity index is 2.13. The second-order valence-corrected chi connectivity index (χ2v) is 6.74. The van der Waals surface area contributed by atoms with Gasteiger partial charge in [-0.1, -0.05) is 39.0 Å². The van der Waals surface area contributed by atoms with Crippen LogP contribution in [0.25, 0.3) is 0 Å². The van der Waals surface area contributed by atoms with Crippen LogP contribution in [0.15, 0.2) is 24.3 Å². The fourth-order valence-corrected chi connectivity index (χ4v) is 2.97. The summed E-state index contributed by atoms with van der Waals surface area (Å²) in [6, 6.07) is 8.03. The van der Waals surface area contributed by atoms with E-state index in [0.29, 0.717) is 19.6 Å². The molecule has 2 atom stereocenters. The van der Waals surface area contributed by atoms with Crippen LogP contribution < -0.4 is 4.74 Å². The van der Waals surface area contributed by atoms with Crippen molar-refractivity contribution >= 4 is 5.78 Å². The van der Waals surface area contributed by atoms with Gasteiger partial charge < -0.3 is 9.47 Å². The minimum absolute atomic E-state index is 0.169. The molecule has 0 N–H and O–H groups in total. The quantitative estimate of drug-likeness (QED) is 0.823. The number of ether oxygens (including phenoxy) is 2. The summed E-state index contributed by atoms with van der Waals surface area (Å²) >= 11 is 0. The van der Waals surface area contributed by atoms with E-state index in [0.717, 1.165) is 17.7 Å². The summed E-state index contributed by atoms with van der Waals surface area (Å²) in [5.74, 6) is 1.36. The molecule has 1 aromatic rings. The van der Waals surface area contributed by atoms with Crippen molar-refractivity contribution in [1.29, 1.82) is 0 Å². The van der Waals surface area contributed by atoms with Crippen LogP contribution in [-0.4, -0.2) is 25.1 Å². The van der Waals surface area contributed by atoms with E-state index in [1.165, 1.54) is 0 Å². The van der Waals surface area contributed by atoms with Gasteiger partial charge in [-0.3, -0.25) is 4.79 Å². The van der Waals surface area contributed by atoms with Gasteiger partial charge in [-0.15, -0.1) is 0 Å². The smallest absolute Gasteiger partial charge is 0.162 e. The van der Waals surface area contributed by atoms with Crippen LogP contribution in [0.2, 0.25) is 0 Å². The highest BCUT2D eigenvalue weighted by Crippen LogP contribution is 2.37. The third kappa shape index (κ3) is 3.85. The SMILES string of the molecule is CCOC(C(=O)CC1CCOc2ccccc21)C(C)(C)C. The van der Waals surface area contributed by atoms with Crippen molar-refractivity contribution < 1.29 is 14.3 Å². The fourth-order valence-electron chi connectivity index (χ4n) is 2.97. The molecule has 1 heterocycles. The Morgan fingerprint density at radius 3 is 2.76 bits per heavy atom. The van der Waals surface area contributed by atoms with Crippen molar-refractivity contribution in [2.75, 3.05) is 13.2 Å². The van der Waals surface area contributed by atoms with Gasteiger partial charge in [0.1, 0.15) is 11.9 Å². The highest BCUT2D eigenvalue weighted by Gasteiger charge is 2.34. The molecule has 1 aliphatic heterocycles. The van der Waals surface area contributed by atoms with Crippen molar-refractivity contribution in [3.05, 3.63) is 29.8 Å². The lowest BCUT2D eigenvalue weighted by atomic mass is 9.81. The maximum Gasteiger partial charge on any atom is 0.162 e. The zero-order chi connectivity index (χ0) is 15.5. The van der Waals surface area contributed by atoms with E-state index in [1.807, 2.05) is 25.1 Å². The van der Waals surface area contributed by atoms with E-state index in [-0.39, 0.29) is 23.2 Å². The Kier molecular flexibility index (Phi) is 5.04. The van der Waals surface area contributed by atoms with E-state index in [9.17, 15) is 4.79 Å². The van der Waals surface area contributed by atoms with Gasteiger partial charge in [-0.25, -0.2) is 0 Å². The molecule has 0 saturated heterocycles. The second-order valence-electron chi connectivity index (χ2n) is 6.74. The molecular weight excluding hydrogens is 264 g/mol. The van der Waals surface area contributed by atoms with E-state index in [1.54, 1.807) is 0 Å². The molecule has 3 heteroatoms. The molecule has 0 fully saturated rings. The summed E-state index contributed by atoms with van der Waals surface area (Å²) < 4.78 is 11.4. The Morgan fingerprint density at radius 1 is 1.38 bits per heavy atom. The van der Waals surface area contributed by atoms with E-state index < -0.39 is 0 Å². The van der Waals surface area contributed by atoms with Crippen LogP contribution >= 0.6 is 0 Å². The first-order valence-corrected chi connectivity index (χ1v) is 7.79. The Hall–Kier alpha value is -1.35. The molecule has 3 nitrogen and oxygen atoms in total. The molecule has 0 saturated carbocycles. The van der Waals surface area contributed by atoms with Crippen molar-refractivity contribution in [1.82, 2.24) is 0 Å². The Bertz CT molecular complexity index is 487. The zero-order valence-corrected chi connectivity index (χ0v) is 13.5. The number of para-hydroxylation sites is 1. The molecule has 116 valence electrons. The highest BCUT2D eigenvalue weighted by molar-refractivity contribution is 5.84. The molecule has 1 aliphatic rings. The first kappa shape index (κ1) is 16.0. The fraction of sp³-hybridized carbons (Fsp3) is 0.611. The molecule has 21 heavy (non-hydrogen) atoms. The van der Waals surface area contributed by atoms with Crippen LogP contribution in [0.4, 0.5) is 0 Å². The number of benzene rings is 1. The molecule has 0 aliphatic carbocycles.